The van der Waals surface area contributed by atoms with Crippen LogP contribution in [0.4, 0.5) is 15.9 Å². The molecule has 0 aliphatic carbocycles. The van der Waals surface area contributed by atoms with Crippen molar-refractivity contribution in [2.75, 3.05) is 24.2 Å². The molecule has 5 nitrogen and oxygen atoms in total. The number of anilines is 2. The summed E-state index contributed by atoms with van der Waals surface area (Å²) in [5.41, 5.74) is 7.41. The second-order valence-corrected chi connectivity index (χ2v) is 4.59. The molecule has 0 radical (unpaired) electrons. The second kappa shape index (κ2) is 7.42. The molecule has 0 aliphatic rings. The third-order valence-electron chi connectivity index (χ3n) is 2.91. The van der Waals surface area contributed by atoms with E-state index in [1.807, 2.05) is 6.92 Å². The van der Waals surface area contributed by atoms with Gasteiger partial charge in [-0.05, 0) is 30.5 Å². The Balaban J connectivity index is 1.92. The molecule has 1 aromatic carbocycles. The van der Waals surface area contributed by atoms with E-state index in [1.165, 1.54) is 18.5 Å². The van der Waals surface area contributed by atoms with Crippen molar-refractivity contribution >= 4 is 11.5 Å². The summed E-state index contributed by atoms with van der Waals surface area (Å²) < 4.78 is 18.3. The zero-order valence-electron chi connectivity index (χ0n) is 12.0. The summed E-state index contributed by atoms with van der Waals surface area (Å²) in [6.07, 6.45) is 3.05. The first-order chi connectivity index (χ1) is 10.2. The lowest BCUT2D eigenvalue weighted by Crippen LogP contribution is -2.10. The number of aromatic nitrogens is 2. The second-order valence-electron chi connectivity index (χ2n) is 4.59. The maximum atomic E-state index is 12.8. The van der Waals surface area contributed by atoms with Crippen LogP contribution in [0.25, 0.3) is 0 Å². The van der Waals surface area contributed by atoms with Crippen molar-refractivity contribution in [1.29, 1.82) is 0 Å². The number of benzene rings is 1. The Bertz CT molecular complexity index is 574. The third kappa shape index (κ3) is 4.30. The van der Waals surface area contributed by atoms with E-state index in [2.05, 4.69) is 15.3 Å². The highest BCUT2D eigenvalue weighted by Crippen LogP contribution is 2.24. The van der Waals surface area contributed by atoms with Gasteiger partial charge in [-0.15, -0.1) is 0 Å². The summed E-state index contributed by atoms with van der Waals surface area (Å²) in [7, 11) is 0. The number of rotatable bonds is 7. The minimum absolute atomic E-state index is 0.232. The van der Waals surface area contributed by atoms with Gasteiger partial charge in [0.05, 0.1) is 6.61 Å². The van der Waals surface area contributed by atoms with Crippen LogP contribution >= 0.6 is 0 Å². The molecule has 0 amide bonds. The fourth-order valence-corrected chi connectivity index (χ4v) is 1.81. The highest BCUT2D eigenvalue weighted by atomic mass is 19.1. The predicted octanol–water partition coefficient (Wildman–Crippen LogP) is 2.64. The number of ether oxygens (including phenoxy) is 1. The van der Waals surface area contributed by atoms with Crippen molar-refractivity contribution in [3.63, 3.8) is 0 Å². The molecule has 2 rings (SSSR count). The number of nitrogen functional groups attached to an aromatic ring is 1. The van der Waals surface area contributed by atoms with Crippen molar-refractivity contribution in [3.05, 3.63) is 42.0 Å². The normalized spacial score (nSPS) is 10.4. The number of nitrogens with one attached hydrogen (secondary N) is 1. The standard InChI is InChI=1S/C15H19FN4O/c1-2-9-21-15-13(17)14(19-10-20-15)18-8-7-11-3-5-12(16)6-4-11/h3-6,10H,2,7-9,17H2,1H3,(H,18,19,20). The largest absolute Gasteiger partial charge is 0.476 e. The maximum Gasteiger partial charge on any atom is 0.242 e. The van der Waals surface area contributed by atoms with Crippen molar-refractivity contribution in [1.82, 2.24) is 9.97 Å². The van der Waals surface area contributed by atoms with E-state index in [9.17, 15) is 4.39 Å². The summed E-state index contributed by atoms with van der Waals surface area (Å²) in [6, 6.07) is 6.42. The Labute approximate surface area is 123 Å². The van der Waals surface area contributed by atoms with Crippen LogP contribution in [0, 0.1) is 5.82 Å². The topological polar surface area (TPSA) is 73.1 Å². The fraction of sp³-hybridized carbons (Fsp3) is 0.333. The zero-order chi connectivity index (χ0) is 15.1. The molecule has 112 valence electrons. The molecular formula is C15H19FN4O. The molecule has 3 N–H and O–H groups in total. The van der Waals surface area contributed by atoms with Gasteiger partial charge in [-0.1, -0.05) is 19.1 Å². The lowest BCUT2D eigenvalue weighted by atomic mass is 10.1. The lowest BCUT2D eigenvalue weighted by molar-refractivity contribution is 0.306. The van der Waals surface area contributed by atoms with Crippen LogP contribution in [0.15, 0.2) is 30.6 Å². The van der Waals surface area contributed by atoms with Gasteiger partial charge in [0.25, 0.3) is 0 Å². The fourth-order valence-electron chi connectivity index (χ4n) is 1.81. The molecule has 0 fully saturated rings. The summed E-state index contributed by atoms with van der Waals surface area (Å²) in [4.78, 5) is 8.12. The van der Waals surface area contributed by atoms with Crippen LogP contribution in [0.2, 0.25) is 0 Å². The van der Waals surface area contributed by atoms with Gasteiger partial charge >= 0.3 is 0 Å². The number of halogens is 1. The van der Waals surface area contributed by atoms with Gasteiger partial charge in [0.2, 0.25) is 5.88 Å². The molecule has 0 aliphatic heterocycles. The molecule has 2 aromatic rings. The summed E-state index contributed by atoms with van der Waals surface area (Å²) in [5, 5.41) is 3.14. The first-order valence-electron chi connectivity index (χ1n) is 6.92. The highest BCUT2D eigenvalue weighted by Gasteiger charge is 2.08. The molecular weight excluding hydrogens is 271 g/mol. The van der Waals surface area contributed by atoms with Gasteiger partial charge in [-0.25, -0.2) is 9.37 Å². The molecule has 0 atom stereocenters. The summed E-state index contributed by atoms with van der Waals surface area (Å²) in [5.74, 6) is 0.721. The number of hydrogen-bond acceptors (Lipinski definition) is 5. The van der Waals surface area contributed by atoms with Crippen molar-refractivity contribution in [2.24, 2.45) is 0 Å². The molecule has 0 spiro atoms. The highest BCUT2D eigenvalue weighted by molar-refractivity contribution is 5.66. The monoisotopic (exact) mass is 290 g/mol. The number of nitrogens with zero attached hydrogens (tertiary/aromatic N) is 2. The number of hydrogen-bond donors (Lipinski definition) is 2. The van der Waals surface area contributed by atoms with E-state index in [0.717, 1.165) is 18.4 Å². The molecule has 0 saturated heterocycles. The third-order valence-corrected chi connectivity index (χ3v) is 2.91. The molecule has 1 aromatic heterocycles. The van der Waals surface area contributed by atoms with E-state index >= 15 is 0 Å². The summed E-state index contributed by atoms with van der Waals surface area (Å²) in [6.45, 7) is 3.22. The Morgan fingerprint density at radius 2 is 2.00 bits per heavy atom. The molecule has 0 bridgehead atoms. The lowest BCUT2D eigenvalue weighted by Gasteiger charge is -2.11. The van der Waals surface area contributed by atoms with Crippen LogP contribution < -0.4 is 15.8 Å². The van der Waals surface area contributed by atoms with Gasteiger partial charge < -0.3 is 15.8 Å². The van der Waals surface area contributed by atoms with Gasteiger partial charge in [0.15, 0.2) is 5.82 Å². The SMILES string of the molecule is CCCOc1ncnc(NCCc2ccc(F)cc2)c1N. The summed E-state index contributed by atoms with van der Waals surface area (Å²) >= 11 is 0. The van der Waals surface area contributed by atoms with Crippen LogP contribution in [0.3, 0.4) is 0 Å². The van der Waals surface area contributed by atoms with E-state index in [1.54, 1.807) is 12.1 Å². The molecule has 21 heavy (non-hydrogen) atoms. The zero-order valence-corrected chi connectivity index (χ0v) is 12.0. The molecule has 0 saturated carbocycles. The van der Waals surface area contributed by atoms with Gasteiger partial charge in [0.1, 0.15) is 17.8 Å². The van der Waals surface area contributed by atoms with Gasteiger partial charge in [-0.3, -0.25) is 0 Å². The van der Waals surface area contributed by atoms with E-state index < -0.39 is 0 Å². The number of nitrogens with two attached hydrogens (primary N) is 1. The Morgan fingerprint density at radius 3 is 2.71 bits per heavy atom. The average Bonchev–Trinajstić information content (AvgIpc) is 2.50. The Hall–Kier alpha value is -2.37. The Morgan fingerprint density at radius 1 is 1.24 bits per heavy atom. The van der Waals surface area contributed by atoms with Crippen molar-refractivity contribution in [3.8, 4) is 5.88 Å². The minimum atomic E-state index is -0.232. The van der Waals surface area contributed by atoms with Gasteiger partial charge in [-0.2, -0.15) is 4.98 Å². The van der Waals surface area contributed by atoms with Crippen LogP contribution in [-0.2, 0) is 6.42 Å². The smallest absolute Gasteiger partial charge is 0.242 e. The predicted molar refractivity (Wildman–Crippen MR) is 80.8 cm³/mol. The molecule has 6 heteroatoms. The van der Waals surface area contributed by atoms with E-state index in [4.69, 9.17) is 10.5 Å². The first kappa shape index (κ1) is 15.0. The average molecular weight is 290 g/mol. The van der Waals surface area contributed by atoms with Gasteiger partial charge in [0, 0.05) is 6.54 Å². The molecule has 1 heterocycles. The van der Waals surface area contributed by atoms with E-state index in [-0.39, 0.29) is 5.82 Å². The van der Waals surface area contributed by atoms with E-state index in [0.29, 0.717) is 30.5 Å². The minimum Gasteiger partial charge on any atom is -0.476 e. The first-order valence-corrected chi connectivity index (χ1v) is 6.92. The van der Waals surface area contributed by atoms with Crippen LogP contribution in [0.5, 0.6) is 5.88 Å². The molecule has 0 unspecified atom stereocenters. The Kier molecular flexibility index (Phi) is 5.31. The van der Waals surface area contributed by atoms with Crippen molar-refractivity contribution in [2.45, 2.75) is 19.8 Å². The maximum absolute atomic E-state index is 12.8. The van der Waals surface area contributed by atoms with Crippen molar-refractivity contribution < 1.29 is 9.13 Å². The van der Waals surface area contributed by atoms with Crippen LogP contribution in [-0.4, -0.2) is 23.1 Å². The quantitative estimate of drug-likeness (QED) is 0.820. The van der Waals surface area contributed by atoms with Crippen LogP contribution in [0.1, 0.15) is 18.9 Å².